The van der Waals surface area contributed by atoms with Gasteiger partial charge in [-0.2, -0.15) is 0 Å². The fourth-order valence-corrected chi connectivity index (χ4v) is 0. The maximum atomic E-state index is 0. The molecule has 0 bridgehead atoms. The van der Waals surface area contributed by atoms with Crippen molar-refractivity contribution in [2.45, 2.75) is 0 Å². The van der Waals surface area contributed by atoms with Crippen LogP contribution in [0.1, 0.15) is 0 Å². The summed E-state index contributed by atoms with van der Waals surface area (Å²) in [6.07, 6.45) is 0. The average molecular weight is 334 g/mol. The summed E-state index contributed by atoms with van der Waals surface area (Å²) in [5, 5.41) is 0. The summed E-state index contributed by atoms with van der Waals surface area (Å²) in [4.78, 5) is 0. The van der Waals surface area contributed by atoms with Crippen LogP contribution in [0.5, 0.6) is 0 Å². The van der Waals surface area contributed by atoms with Crippen molar-refractivity contribution in [3.8, 4) is 0 Å². The van der Waals surface area contributed by atoms with Gasteiger partial charge >= 0.3 is 0 Å². The number of rotatable bonds is 0. The van der Waals surface area contributed by atoms with Crippen molar-refractivity contribution in [3.63, 3.8) is 0 Å². The molecule has 0 N–H and O–H groups in total. The molecule has 0 aromatic heterocycles. The average Bonchev–Trinajstić information content (AvgIpc) is 0. The van der Waals surface area contributed by atoms with E-state index in [1.807, 2.05) is 0 Å². The van der Waals surface area contributed by atoms with Gasteiger partial charge in [0, 0.05) is 31.1 Å². The Bertz CT molecular complexity index is 3.25. The van der Waals surface area contributed by atoms with E-state index >= 15 is 0 Å². The van der Waals surface area contributed by atoms with E-state index in [1.54, 1.807) is 0 Å². The van der Waals surface area contributed by atoms with Crippen LogP contribution in [0.15, 0.2) is 0 Å². The molecule has 0 spiro atoms. The van der Waals surface area contributed by atoms with Crippen molar-refractivity contribution in [2.24, 2.45) is 0 Å². The molecule has 0 unspecified atom stereocenters. The Labute approximate surface area is 70.8 Å². The van der Waals surface area contributed by atoms with Crippen molar-refractivity contribution in [3.05, 3.63) is 0 Å². The molecule has 0 aromatic carbocycles. The van der Waals surface area contributed by atoms with Crippen molar-refractivity contribution < 1.29 is 31.1 Å². The van der Waals surface area contributed by atoms with E-state index < -0.39 is 0 Å². The summed E-state index contributed by atoms with van der Waals surface area (Å²) in [5.74, 6) is 0. The molecule has 0 saturated carbocycles. The SMILES string of the molecule is [S-2].[S-2].[S-2].[U]. The Morgan fingerprint density at radius 2 is 0.500 bits per heavy atom. The van der Waals surface area contributed by atoms with Gasteiger partial charge in [0.25, 0.3) is 0 Å². The molecule has 0 aliphatic carbocycles. The van der Waals surface area contributed by atoms with E-state index in [2.05, 4.69) is 0 Å². The summed E-state index contributed by atoms with van der Waals surface area (Å²) in [6, 6.07) is 0. The monoisotopic (exact) mass is 334 g/mol. The Kier molecular flexibility index (Phi) is 175. The molecular formula is S3U-6. The molecule has 0 amide bonds. The Hall–Kier alpha value is 2.10. The predicted molar refractivity (Wildman–Crippen MR) is 22.1 cm³/mol. The van der Waals surface area contributed by atoms with Crippen LogP contribution in [0.2, 0.25) is 0 Å². The second kappa shape index (κ2) is 19.4. The number of hydrogen-bond acceptors (Lipinski definition) is 0. The summed E-state index contributed by atoms with van der Waals surface area (Å²) in [6.45, 7) is 0. The topological polar surface area (TPSA) is 0 Å². The smallest absolute Gasteiger partial charge is 0 e. The van der Waals surface area contributed by atoms with Gasteiger partial charge in [-0.1, -0.05) is 0 Å². The van der Waals surface area contributed by atoms with Crippen LogP contribution in [0.3, 0.4) is 0 Å². The van der Waals surface area contributed by atoms with E-state index in [1.165, 1.54) is 0 Å². The minimum Gasteiger partial charge on any atom is -2.00 e. The Morgan fingerprint density at radius 1 is 0.500 bits per heavy atom. The largest absolute Gasteiger partial charge is 2.00 e. The van der Waals surface area contributed by atoms with Crippen LogP contribution < -0.4 is 0 Å². The molecule has 4 heavy (non-hydrogen) atoms. The Balaban J connectivity index is 0. The predicted octanol–water partition coefficient (Wildman–Crippen LogP) is -0.00720. The van der Waals surface area contributed by atoms with Crippen LogP contribution in [0.25, 0.3) is 0 Å². The first-order valence-corrected chi connectivity index (χ1v) is 0. The van der Waals surface area contributed by atoms with Crippen LogP contribution in [-0.4, -0.2) is 0 Å². The van der Waals surface area contributed by atoms with Crippen molar-refractivity contribution in [2.75, 3.05) is 0 Å². The van der Waals surface area contributed by atoms with Gasteiger partial charge in [0.1, 0.15) is 0 Å². The van der Waals surface area contributed by atoms with Crippen molar-refractivity contribution in [1.29, 1.82) is 0 Å². The molecule has 0 saturated heterocycles. The first-order chi connectivity index (χ1) is 0. The van der Waals surface area contributed by atoms with Crippen LogP contribution in [0.4, 0.5) is 0 Å². The van der Waals surface area contributed by atoms with Gasteiger partial charge in [-0.25, -0.2) is 0 Å². The van der Waals surface area contributed by atoms with Crippen molar-refractivity contribution in [1.82, 2.24) is 0 Å². The summed E-state index contributed by atoms with van der Waals surface area (Å²) >= 11 is 0. The van der Waals surface area contributed by atoms with Gasteiger partial charge in [-0.3, -0.25) is 0 Å². The maximum Gasteiger partial charge on any atom is 0 e. The van der Waals surface area contributed by atoms with E-state index in [-0.39, 0.29) is 71.6 Å². The molecular weight excluding hydrogens is 334 g/mol. The number of hydrogen-bond donors (Lipinski definition) is 0. The van der Waals surface area contributed by atoms with Crippen LogP contribution in [0, 0.1) is 31.1 Å². The second-order valence-corrected chi connectivity index (χ2v) is 0. The zero-order chi connectivity index (χ0) is 0. The van der Waals surface area contributed by atoms with Gasteiger partial charge in [0.15, 0.2) is 0 Å². The third-order valence-corrected chi connectivity index (χ3v) is 0. The third-order valence-electron chi connectivity index (χ3n) is 0. The van der Waals surface area contributed by atoms with Gasteiger partial charge in [0.2, 0.25) is 0 Å². The Morgan fingerprint density at radius 3 is 0.500 bits per heavy atom. The molecule has 0 rings (SSSR count). The zero-order valence-electron chi connectivity index (χ0n) is 1.72. The normalized spacial score (nSPS) is 0. The van der Waals surface area contributed by atoms with E-state index in [9.17, 15) is 0 Å². The standard InChI is InChI=1S/3S.U/q3*-2;. The second-order valence-electron chi connectivity index (χ2n) is 0. The third kappa shape index (κ3) is 8.93. The first-order valence-electron chi connectivity index (χ1n) is 0. The van der Waals surface area contributed by atoms with E-state index in [4.69, 9.17) is 0 Å². The maximum absolute atomic E-state index is 0. The molecule has 0 aromatic rings. The molecule has 28 valence electrons. The zero-order valence-corrected chi connectivity index (χ0v) is 8.34. The summed E-state index contributed by atoms with van der Waals surface area (Å²) in [7, 11) is 0. The summed E-state index contributed by atoms with van der Waals surface area (Å²) < 4.78 is 0. The fraction of sp³-hybridized carbons (Fsp3) is 0. The van der Waals surface area contributed by atoms with E-state index in [0.29, 0.717) is 0 Å². The van der Waals surface area contributed by atoms with Gasteiger partial charge in [0.05, 0.1) is 0 Å². The quantitative estimate of drug-likeness (QED) is 0.585. The molecule has 0 aliphatic heterocycles. The van der Waals surface area contributed by atoms with E-state index in [0.717, 1.165) is 0 Å². The minimum atomic E-state index is 0. The molecule has 0 fully saturated rings. The molecule has 0 aliphatic rings. The molecule has 4 heteroatoms. The van der Waals surface area contributed by atoms with Crippen molar-refractivity contribution >= 4 is 40.5 Å². The van der Waals surface area contributed by atoms with Gasteiger partial charge in [-0.05, 0) is 0 Å². The molecule has 0 nitrogen and oxygen atoms in total. The minimum absolute atomic E-state index is 0. The van der Waals surface area contributed by atoms with Gasteiger partial charge in [-0.15, -0.1) is 0 Å². The fourth-order valence-electron chi connectivity index (χ4n) is 0. The first kappa shape index (κ1) is 35.9. The molecule has 0 heterocycles. The van der Waals surface area contributed by atoms with Gasteiger partial charge < -0.3 is 40.5 Å². The van der Waals surface area contributed by atoms with Crippen LogP contribution in [-0.2, 0) is 40.5 Å². The van der Waals surface area contributed by atoms with Crippen LogP contribution >= 0.6 is 0 Å². The summed E-state index contributed by atoms with van der Waals surface area (Å²) in [5.41, 5.74) is 0. The molecule has 0 atom stereocenters. The molecule has 0 radical (unpaired) electrons.